The van der Waals surface area contributed by atoms with E-state index >= 15 is 0 Å². The Kier molecular flexibility index (Phi) is 4.49. The van der Waals surface area contributed by atoms with Gasteiger partial charge >= 0.3 is 5.97 Å². The molecule has 1 aliphatic heterocycles. The van der Waals surface area contributed by atoms with Crippen LogP contribution >= 0.6 is 15.9 Å². The van der Waals surface area contributed by atoms with Crippen LogP contribution in [0.5, 0.6) is 0 Å². The highest BCUT2D eigenvalue weighted by Crippen LogP contribution is 2.36. The molecule has 1 aromatic heterocycles. The molecule has 1 N–H and O–H groups in total. The molecule has 24 heavy (non-hydrogen) atoms. The molecule has 1 saturated heterocycles. The van der Waals surface area contributed by atoms with E-state index < -0.39 is 11.4 Å². The molecule has 0 saturated carbocycles. The summed E-state index contributed by atoms with van der Waals surface area (Å²) in [5, 5.41) is 9.80. The third-order valence-corrected chi connectivity index (χ3v) is 5.11. The molecular weight excluding hydrogens is 374 g/mol. The van der Waals surface area contributed by atoms with Crippen LogP contribution in [0, 0.1) is 6.92 Å². The summed E-state index contributed by atoms with van der Waals surface area (Å²) in [5.41, 5.74) is 0.628. The topological polar surface area (TPSA) is 70.8 Å². The van der Waals surface area contributed by atoms with Crippen molar-refractivity contribution in [3.63, 3.8) is 0 Å². The quantitative estimate of drug-likeness (QED) is 0.867. The molecule has 126 valence electrons. The van der Waals surface area contributed by atoms with E-state index in [4.69, 9.17) is 4.42 Å². The number of nitrogens with zero attached hydrogens (tertiary/aromatic N) is 1. The first-order valence-electron chi connectivity index (χ1n) is 7.78. The average Bonchev–Trinajstić information content (AvgIpc) is 2.93. The molecule has 2 heterocycles. The maximum absolute atomic E-state index is 12.6. The monoisotopic (exact) mass is 391 g/mol. The number of hydrogen-bond donors (Lipinski definition) is 1. The van der Waals surface area contributed by atoms with Crippen molar-refractivity contribution in [3.8, 4) is 0 Å². The van der Waals surface area contributed by atoms with E-state index in [1.54, 1.807) is 11.0 Å². The lowest BCUT2D eigenvalue weighted by molar-refractivity contribution is -0.145. The van der Waals surface area contributed by atoms with E-state index in [2.05, 4.69) is 15.9 Å². The zero-order valence-electron chi connectivity index (χ0n) is 13.3. The molecule has 3 rings (SSSR count). The molecule has 1 aromatic carbocycles. The SMILES string of the molecule is Cc1cc(Br)oc1C(=O)N1CCC(C(=O)O)(c2ccccc2)CC1. The molecule has 1 fully saturated rings. The van der Waals surface area contributed by atoms with Gasteiger partial charge in [0.05, 0.1) is 5.41 Å². The number of carbonyl (C=O) groups is 2. The molecule has 0 spiro atoms. The van der Waals surface area contributed by atoms with Crippen LogP contribution in [0.3, 0.4) is 0 Å². The van der Waals surface area contributed by atoms with E-state index in [0.29, 0.717) is 36.4 Å². The molecule has 2 aromatic rings. The predicted octanol–water partition coefficient (Wildman–Crippen LogP) is 3.61. The van der Waals surface area contributed by atoms with Gasteiger partial charge in [0.25, 0.3) is 5.91 Å². The number of amides is 1. The summed E-state index contributed by atoms with van der Waals surface area (Å²) in [6, 6.07) is 11.0. The van der Waals surface area contributed by atoms with Gasteiger partial charge in [-0.1, -0.05) is 30.3 Å². The zero-order valence-corrected chi connectivity index (χ0v) is 14.9. The van der Waals surface area contributed by atoms with Gasteiger partial charge in [-0.25, -0.2) is 0 Å². The Morgan fingerprint density at radius 2 is 1.83 bits per heavy atom. The maximum atomic E-state index is 12.6. The third-order valence-electron chi connectivity index (χ3n) is 4.72. The van der Waals surface area contributed by atoms with Crippen molar-refractivity contribution in [2.45, 2.75) is 25.2 Å². The molecule has 6 heteroatoms. The van der Waals surface area contributed by atoms with Gasteiger partial charge in [-0.15, -0.1) is 0 Å². The van der Waals surface area contributed by atoms with Crippen molar-refractivity contribution in [2.75, 3.05) is 13.1 Å². The Hall–Kier alpha value is -2.08. The second kappa shape index (κ2) is 6.43. The lowest BCUT2D eigenvalue weighted by Crippen LogP contribution is -2.49. The highest BCUT2D eigenvalue weighted by molar-refractivity contribution is 9.10. The zero-order chi connectivity index (χ0) is 17.3. The van der Waals surface area contributed by atoms with Crippen LogP contribution in [0.25, 0.3) is 0 Å². The number of rotatable bonds is 3. The summed E-state index contributed by atoms with van der Waals surface area (Å²) in [5.74, 6) is -0.715. The first kappa shape index (κ1) is 16.8. The number of hydrogen-bond acceptors (Lipinski definition) is 3. The highest BCUT2D eigenvalue weighted by atomic mass is 79.9. The number of likely N-dealkylation sites (tertiary alicyclic amines) is 1. The van der Waals surface area contributed by atoms with Crippen LogP contribution in [0.4, 0.5) is 0 Å². The van der Waals surface area contributed by atoms with Crippen molar-refractivity contribution in [2.24, 2.45) is 0 Å². The van der Waals surface area contributed by atoms with Crippen LogP contribution in [-0.2, 0) is 10.2 Å². The van der Waals surface area contributed by atoms with Crippen LogP contribution in [-0.4, -0.2) is 35.0 Å². The maximum Gasteiger partial charge on any atom is 0.314 e. The summed E-state index contributed by atoms with van der Waals surface area (Å²) in [7, 11) is 0. The Labute approximate surface area is 148 Å². The molecular formula is C18H18BrNO4. The summed E-state index contributed by atoms with van der Waals surface area (Å²) in [6.07, 6.45) is 0.776. The van der Waals surface area contributed by atoms with Gasteiger partial charge in [-0.2, -0.15) is 0 Å². The fraction of sp³-hybridized carbons (Fsp3) is 0.333. The fourth-order valence-corrected chi connectivity index (χ4v) is 3.78. The van der Waals surface area contributed by atoms with E-state index in [9.17, 15) is 14.7 Å². The Morgan fingerprint density at radius 1 is 1.21 bits per heavy atom. The lowest BCUT2D eigenvalue weighted by atomic mass is 9.73. The van der Waals surface area contributed by atoms with Gasteiger partial charge in [-0.3, -0.25) is 9.59 Å². The number of halogens is 1. The Morgan fingerprint density at radius 3 is 2.33 bits per heavy atom. The van der Waals surface area contributed by atoms with Crippen LogP contribution in [0.2, 0.25) is 0 Å². The van der Waals surface area contributed by atoms with Gasteiger partial charge in [0.2, 0.25) is 0 Å². The molecule has 0 aliphatic carbocycles. The number of aliphatic carboxylic acids is 1. The van der Waals surface area contributed by atoms with Crippen LogP contribution in [0.1, 0.15) is 34.5 Å². The third kappa shape index (κ3) is 2.86. The van der Waals surface area contributed by atoms with Gasteiger partial charge in [0.15, 0.2) is 10.4 Å². The molecule has 0 bridgehead atoms. The molecule has 0 atom stereocenters. The smallest absolute Gasteiger partial charge is 0.314 e. The fourth-order valence-electron chi connectivity index (χ4n) is 3.27. The minimum Gasteiger partial charge on any atom is -0.481 e. The molecule has 5 nitrogen and oxygen atoms in total. The summed E-state index contributed by atoms with van der Waals surface area (Å²) in [6.45, 7) is 2.59. The molecule has 0 radical (unpaired) electrons. The molecule has 0 unspecified atom stereocenters. The van der Waals surface area contributed by atoms with Crippen molar-refractivity contribution in [1.82, 2.24) is 4.90 Å². The Bertz CT molecular complexity index is 761. The van der Waals surface area contributed by atoms with Gasteiger partial charge in [-0.05, 0) is 47.3 Å². The Balaban J connectivity index is 1.80. The predicted molar refractivity (Wildman–Crippen MR) is 92.0 cm³/mol. The number of benzene rings is 1. The number of aryl methyl sites for hydroxylation is 1. The standard InChI is InChI=1S/C18H18BrNO4/c1-12-11-14(19)24-15(12)16(21)20-9-7-18(8-10-20,17(22)23)13-5-3-2-4-6-13/h2-6,11H,7-10H2,1H3,(H,22,23). The summed E-state index contributed by atoms with van der Waals surface area (Å²) in [4.78, 5) is 26.2. The van der Waals surface area contributed by atoms with Crippen LogP contribution < -0.4 is 0 Å². The second-order valence-corrected chi connectivity index (χ2v) is 6.89. The van der Waals surface area contributed by atoms with Crippen molar-refractivity contribution < 1.29 is 19.1 Å². The first-order chi connectivity index (χ1) is 11.4. The molecule has 1 aliphatic rings. The largest absolute Gasteiger partial charge is 0.481 e. The van der Waals surface area contributed by atoms with E-state index in [-0.39, 0.29) is 5.91 Å². The minimum atomic E-state index is -0.934. The summed E-state index contributed by atoms with van der Waals surface area (Å²) < 4.78 is 5.94. The van der Waals surface area contributed by atoms with Crippen LogP contribution in [0.15, 0.2) is 45.5 Å². The van der Waals surface area contributed by atoms with Crippen molar-refractivity contribution in [3.05, 3.63) is 58.0 Å². The molecule has 1 amide bonds. The average molecular weight is 392 g/mol. The summed E-state index contributed by atoms with van der Waals surface area (Å²) >= 11 is 3.23. The normalized spacial score (nSPS) is 16.8. The van der Waals surface area contributed by atoms with E-state index in [1.165, 1.54) is 0 Å². The van der Waals surface area contributed by atoms with E-state index in [0.717, 1.165) is 11.1 Å². The highest BCUT2D eigenvalue weighted by Gasteiger charge is 2.44. The number of carboxylic acid groups (broad SMARTS) is 1. The number of furan rings is 1. The van der Waals surface area contributed by atoms with E-state index in [1.807, 2.05) is 37.3 Å². The first-order valence-corrected chi connectivity index (χ1v) is 8.57. The van der Waals surface area contributed by atoms with Gasteiger partial charge < -0.3 is 14.4 Å². The number of carbonyl (C=O) groups excluding carboxylic acids is 1. The number of carboxylic acids is 1. The number of piperidine rings is 1. The minimum absolute atomic E-state index is 0.190. The second-order valence-electron chi connectivity index (χ2n) is 6.11. The lowest BCUT2D eigenvalue weighted by Gasteiger charge is -2.39. The van der Waals surface area contributed by atoms with Gasteiger partial charge in [0, 0.05) is 18.7 Å². The van der Waals surface area contributed by atoms with Crippen molar-refractivity contribution >= 4 is 27.8 Å². The van der Waals surface area contributed by atoms with Gasteiger partial charge in [0.1, 0.15) is 0 Å². The van der Waals surface area contributed by atoms with Crippen molar-refractivity contribution in [1.29, 1.82) is 0 Å².